The molecule has 0 radical (unpaired) electrons. The van der Waals surface area contributed by atoms with Gasteiger partial charge < -0.3 is 5.32 Å². The van der Waals surface area contributed by atoms with Crippen molar-refractivity contribution in [1.82, 2.24) is 10.2 Å². The molecule has 1 N–H and O–H groups in total. The fourth-order valence-corrected chi connectivity index (χ4v) is 4.70. The third-order valence-corrected chi connectivity index (χ3v) is 6.30. The number of hydrogen-bond acceptors (Lipinski definition) is 2. The van der Waals surface area contributed by atoms with Crippen molar-refractivity contribution in [3.05, 3.63) is 71.6 Å². The van der Waals surface area contributed by atoms with Crippen LogP contribution in [0.2, 0.25) is 0 Å². The lowest BCUT2D eigenvalue weighted by molar-refractivity contribution is 0.179. The molecule has 0 aromatic heterocycles. The minimum atomic E-state index is -0.318. The number of hydrogen-bond donors (Lipinski definition) is 1. The maximum atomic E-state index is 14.2. The average molecular weight is 422 g/mol. The number of carbonyl (C=O) groups is 1. The number of piperidine rings is 1. The number of rotatable bonds is 3. The van der Waals surface area contributed by atoms with Crippen LogP contribution in [-0.2, 0) is 5.41 Å². The van der Waals surface area contributed by atoms with Gasteiger partial charge in [0.15, 0.2) is 0 Å². The molecule has 2 aliphatic rings. The van der Waals surface area contributed by atoms with E-state index in [-0.39, 0.29) is 22.8 Å². The van der Waals surface area contributed by atoms with E-state index in [2.05, 4.69) is 34.5 Å². The van der Waals surface area contributed by atoms with E-state index in [4.69, 9.17) is 0 Å². The fourth-order valence-electron chi connectivity index (χ4n) is 4.70. The van der Waals surface area contributed by atoms with E-state index in [1.54, 1.807) is 12.1 Å². The standard InChI is InChI=1S/C26H32FN3O/c1-25(2,3)28-24(31)30-19-26(22-18-21(27)11-12-23(22)30)13-16-29(17-14-26)15-7-10-20-8-5-4-6-9-20/h4-12,18H,13-17,19H2,1-3H3,(H,28,31). The van der Waals surface area contributed by atoms with Crippen LogP contribution in [0.15, 0.2) is 54.6 Å². The number of nitrogens with one attached hydrogen (secondary N) is 1. The monoisotopic (exact) mass is 421 g/mol. The highest BCUT2D eigenvalue weighted by Gasteiger charge is 2.46. The Hall–Kier alpha value is -2.66. The van der Waals surface area contributed by atoms with Gasteiger partial charge in [-0.1, -0.05) is 42.5 Å². The Morgan fingerprint density at radius 1 is 1.13 bits per heavy atom. The van der Waals surface area contributed by atoms with Gasteiger partial charge in [-0.25, -0.2) is 9.18 Å². The Bertz CT molecular complexity index is 956. The molecule has 1 fully saturated rings. The van der Waals surface area contributed by atoms with E-state index in [0.717, 1.165) is 43.7 Å². The van der Waals surface area contributed by atoms with Crippen molar-refractivity contribution in [3.63, 3.8) is 0 Å². The number of urea groups is 1. The molecule has 0 atom stereocenters. The van der Waals surface area contributed by atoms with Gasteiger partial charge >= 0.3 is 6.03 Å². The van der Waals surface area contributed by atoms with Crippen LogP contribution in [0, 0.1) is 5.82 Å². The summed E-state index contributed by atoms with van der Waals surface area (Å²) in [6, 6.07) is 15.1. The van der Waals surface area contributed by atoms with Crippen molar-refractivity contribution in [2.45, 2.75) is 44.6 Å². The van der Waals surface area contributed by atoms with Crippen molar-refractivity contribution in [1.29, 1.82) is 0 Å². The van der Waals surface area contributed by atoms with Crippen molar-refractivity contribution >= 4 is 17.8 Å². The summed E-state index contributed by atoms with van der Waals surface area (Å²) in [6.07, 6.45) is 6.20. The van der Waals surface area contributed by atoms with Crippen LogP contribution in [0.1, 0.15) is 44.7 Å². The molecule has 31 heavy (non-hydrogen) atoms. The van der Waals surface area contributed by atoms with E-state index in [1.807, 2.05) is 43.9 Å². The molecule has 0 aliphatic carbocycles. The summed E-state index contributed by atoms with van der Waals surface area (Å²) in [5, 5.41) is 3.06. The molecule has 164 valence electrons. The van der Waals surface area contributed by atoms with Crippen molar-refractivity contribution < 1.29 is 9.18 Å². The zero-order chi connectivity index (χ0) is 22.1. The highest BCUT2D eigenvalue weighted by atomic mass is 19.1. The predicted octanol–water partition coefficient (Wildman–Crippen LogP) is 5.20. The highest BCUT2D eigenvalue weighted by molar-refractivity contribution is 5.95. The number of anilines is 1. The molecule has 2 aromatic carbocycles. The maximum absolute atomic E-state index is 14.2. The van der Waals surface area contributed by atoms with Crippen LogP contribution < -0.4 is 10.2 Å². The third-order valence-electron chi connectivity index (χ3n) is 6.30. The molecule has 1 spiro atoms. The number of carbonyl (C=O) groups excluding carboxylic acids is 1. The second-order valence-electron chi connectivity index (χ2n) is 9.82. The van der Waals surface area contributed by atoms with Gasteiger partial charge in [0.2, 0.25) is 0 Å². The lowest BCUT2D eigenvalue weighted by atomic mass is 9.74. The van der Waals surface area contributed by atoms with Gasteiger partial charge in [0.1, 0.15) is 5.82 Å². The zero-order valence-electron chi connectivity index (χ0n) is 18.7. The van der Waals surface area contributed by atoms with Crippen LogP contribution in [-0.4, -0.2) is 42.6 Å². The second kappa shape index (κ2) is 8.46. The molecule has 2 amide bonds. The molecule has 4 nitrogen and oxygen atoms in total. The van der Waals surface area contributed by atoms with E-state index in [1.165, 1.54) is 11.6 Å². The number of nitrogens with zero attached hydrogens (tertiary/aromatic N) is 2. The van der Waals surface area contributed by atoms with E-state index in [0.29, 0.717) is 6.54 Å². The normalized spacial score (nSPS) is 18.5. The van der Waals surface area contributed by atoms with Gasteiger partial charge in [-0.3, -0.25) is 9.80 Å². The molecule has 2 aromatic rings. The lowest BCUT2D eigenvalue weighted by Gasteiger charge is -2.39. The largest absolute Gasteiger partial charge is 0.333 e. The molecule has 5 heteroatoms. The van der Waals surface area contributed by atoms with Crippen molar-refractivity contribution in [2.75, 3.05) is 31.1 Å². The maximum Gasteiger partial charge on any atom is 0.322 e. The smallest absolute Gasteiger partial charge is 0.322 e. The van der Waals surface area contributed by atoms with Crippen LogP contribution in [0.5, 0.6) is 0 Å². The minimum Gasteiger partial charge on any atom is -0.333 e. The number of halogens is 1. The van der Waals surface area contributed by atoms with Gasteiger partial charge in [-0.15, -0.1) is 0 Å². The first-order valence-electron chi connectivity index (χ1n) is 11.1. The zero-order valence-corrected chi connectivity index (χ0v) is 18.7. The Morgan fingerprint density at radius 3 is 2.52 bits per heavy atom. The Kier molecular flexibility index (Phi) is 5.89. The van der Waals surface area contributed by atoms with Crippen LogP contribution in [0.4, 0.5) is 14.9 Å². The van der Waals surface area contributed by atoms with Gasteiger partial charge in [0.25, 0.3) is 0 Å². The Balaban J connectivity index is 1.46. The van der Waals surface area contributed by atoms with Crippen LogP contribution in [0.3, 0.4) is 0 Å². The quantitative estimate of drug-likeness (QED) is 0.739. The third kappa shape index (κ3) is 4.82. The van der Waals surface area contributed by atoms with Crippen molar-refractivity contribution in [2.24, 2.45) is 0 Å². The number of likely N-dealkylation sites (tertiary alicyclic amines) is 1. The molecule has 2 aliphatic heterocycles. The Morgan fingerprint density at radius 2 is 1.84 bits per heavy atom. The molecule has 2 heterocycles. The Labute approximate surface area is 184 Å². The molecule has 0 unspecified atom stereocenters. The number of amides is 2. The van der Waals surface area contributed by atoms with Gasteiger partial charge in [-0.2, -0.15) is 0 Å². The predicted molar refractivity (Wildman–Crippen MR) is 125 cm³/mol. The summed E-state index contributed by atoms with van der Waals surface area (Å²) in [4.78, 5) is 17.2. The summed E-state index contributed by atoms with van der Waals surface area (Å²) in [6.45, 7) is 9.31. The topological polar surface area (TPSA) is 35.6 Å². The van der Waals surface area contributed by atoms with Gasteiger partial charge in [0, 0.05) is 29.7 Å². The van der Waals surface area contributed by atoms with Crippen molar-refractivity contribution in [3.8, 4) is 0 Å². The van der Waals surface area contributed by atoms with E-state index >= 15 is 0 Å². The molecule has 1 saturated heterocycles. The lowest BCUT2D eigenvalue weighted by Crippen LogP contribution is -2.51. The molecule has 4 rings (SSSR count). The number of benzene rings is 2. The van der Waals surface area contributed by atoms with E-state index in [9.17, 15) is 9.18 Å². The first kappa shape index (κ1) is 21.6. The summed E-state index contributed by atoms with van der Waals surface area (Å²) in [5.41, 5.74) is 2.54. The summed E-state index contributed by atoms with van der Waals surface area (Å²) >= 11 is 0. The van der Waals surface area contributed by atoms with Gasteiger partial charge in [0.05, 0.1) is 0 Å². The first-order valence-corrected chi connectivity index (χ1v) is 11.1. The van der Waals surface area contributed by atoms with Gasteiger partial charge in [-0.05, 0) is 76.0 Å². The number of fused-ring (bicyclic) bond motifs is 2. The average Bonchev–Trinajstić information content (AvgIpc) is 3.03. The fraction of sp³-hybridized carbons (Fsp3) is 0.423. The second-order valence-corrected chi connectivity index (χ2v) is 9.82. The van der Waals surface area contributed by atoms with Crippen LogP contribution >= 0.6 is 0 Å². The minimum absolute atomic E-state index is 0.106. The van der Waals surface area contributed by atoms with Crippen LogP contribution in [0.25, 0.3) is 6.08 Å². The first-order chi connectivity index (χ1) is 14.8. The molecular weight excluding hydrogens is 389 g/mol. The summed E-state index contributed by atoms with van der Waals surface area (Å²) in [5.74, 6) is -0.232. The summed E-state index contributed by atoms with van der Waals surface area (Å²) in [7, 11) is 0. The highest BCUT2D eigenvalue weighted by Crippen LogP contribution is 2.47. The molecule has 0 saturated carbocycles. The van der Waals surface area contributed by atoms with E-state index < -0.39 is 0 Å². The SMILES string of the molecule is CC(C)(C)NC(=O)N1CC2(CCN(CC=Cc3ccccc3)CC2)c2cc(F)ccc21. The summed E-state index contributed by atoms with van der Waals surface area (Å²) < 4.78 is 14.2. The molecular formula is C26H32FN3O. The molecule has 0 bridgehead atoms.